The maximum absolute atomic E-state index is 12.5. The van der Waals surface area contributed by atoms with Crippen molar-refractivity contribution in [3.63, 3.8) is 0 Å². The zero-order chi connectivity index (χ0) is 14.5. The zero-order valence-electron chi connectivity index (χ0n) is 10.9. The molecule has 4 nitrogen and oxygen atoms in total. The number of likely N-dealkylation sites (N-methyl/N-ethyl adjacent to an activating group) is 1. The lowest BCUT2D eigenvalue weighted by Crippen LogP contribution is -2.34. The van der Waals surface area contributed by atoms with Gasteiger partial charge in [-0.15, -0.1) is 11.3 Å². The fraction of sp³-hybridized carbons (Fsp3) is 0.636. The van der Waals surface area contributed by atoms with Crippen LogP contribution in [0.2, 0.25) is 0 Å². The molecule has 8 heteroatoms. The SMILES string of the molecule is CCN(CCOCCBr)S(=O)(=O)c1cc(Br)sc1C. The Hall–Kier alpha value is 0.530. The fourth-order valence-electron chi connectivity index (χ4n) is 1.60. The van der Waals surface area contributed by atoms with Gasteiger partial charge in [-0.2, -0.15) is 4.31 Å². The quantitative estimate of drug-likeness (QED) is 0.466. The van der Waals surface area contributed by atoms with Crippen LogP contribution in [0.25, 0.3) is 0 Å². The Labute approximate surface area is 135 Å². The van der Waals surface area contributed by atoms with Crippen LogP contribution >= 0.6 is 43.2 Å². The van der Waals surface area contributed by atoms with Crippen LogP contribution < -0.4 is 0 Å². The molecule has 1 aromatic heterocycles. The Morgan fingerprint density at radius 2 is 2.11 bits per heavy atom. The minimum atomic E-state index is -3.43. The van der Waals surface area contributed by atoms with E-state index < -0.39 is 10.0 Å². The molecule has 0 aliphatic rings. The summed E-state index contributed by atoms with van der Waals surface area (Å²) in [6.45, 7) is 5.45. The Morgan fingerprint density at radius 1 is 1.42 bits per heavy atom. The molecule has 1 heterocycles. The monoisotopic (exact) mass is 433 g/mol. The molecular weight excluding hydrogens is 418 g/mol. The standard InChI is InChI=1S/C11H17Br2NO3S2/c1-3-14(5-7-17-6-4-12)19(15,16)10-8-11(13)18-9(10)2/h8H,3-7H2,1-2H3. The number of hydrogen-bond donors (Lipinski definition) is 0. The Morgan fingerprint density at radius 3 is 2.58 bits per heavy atom. The lowest BCUT2D eigenvalue weighted by atomic mass is 10.5. The van der Waals surface area contributed by atoms with E-state index in [4.69, 9.17) is 4.74 Å². The van der Waals surface area contributed by atoms with E-state index >= 15 is 0 Å². The van der Waals surface area contributed by atoms with Crippen LogP contribution in [0.3, 0.4) is 0 Å². The van der Waals surface area contributed by atoms with Gasteiger partial charge in [0.2, 0.25) is 10.0 Å². The van der Waals surface area contributed by atoms with Crippen molar-refractivity contribution in [1.29, 1.82) is 0 Å². The normalized spacial score (nSPS) is 12.3. The molecule has 19 heavy (non-hydrogen) atoms. The molecular formula is C11H17Br2NO3S2. The van der Waals surface area contributed by atoms with Crippen LogP contribution in [0.1, 0.15) is 11.8 Å². The molecule has 0 amide bonds. The highest BCUT2D eigenvalue weighted by atomic mass is 79.9. The molecule has 0 saturated carbocycles. The predicted molar refractivity (Wildman–Crippen MR) is 85.8 cm³/mol. The average Bonchev–Trinajstić information content (AvgIpc) is 2.69. The third-order valence-corrected chi connectivity index (χ3v) is 6.63. The van der Waals surface area contributed by atoms with E-state index in [1.165, 1.54) is 15.6 Å². The number of hydrogen-bond acceptors (Lipinski definition) is 4. The summed E-state index contributed by atoms with van der Waals surface area (Å²) < 4.78 is 32.6. The summed E-state index contributed by atoms with van der Waals surface area (Å²) in [5.74, 6) is 0. The summed E-state index contributed by atoms with van der Waals surface area (Å²) >= 11 is 8.02. The van der Waals surface area contributed by atoms with Gasteiger partial charge in [0.05, 0.1) is 21.9 Å². The summed E-state index contributed by atoms with van der Waals surface area (Å²) in [4.78, 5) is 1.18. The van der Waals surface area contributed by atoms with Gasteiger partial charge in [0, 0.05) is 23.3 Å². The van der Waals surface area contributed by atoms with Crippen LogP contribution in [-0.2, 0) is 14.8 Å². The van der Waals surface area contributed by atoms with E-state index in [1.54, 1.807) is 6.07 Å². The number of thiophene rings is 1. The molecule has 0 bridgehead atoms. The third kappa shape index (κ3) is 4.78. The highest BCUT2D eigenvalue weighted by Gasteiger charge is 2.26. The van der Waals surface area contributed by atoms with E-state index in [0.29, 0.717) is 31.2 Å². The molecule has 0 unspecified atom stereocenters. The van der Waals surface area contributed by atoms with Crippen LogP contribution in [0, 0.1) is 6.92 Å². The van der Waals surface area contributed by atoms with Crippen molar-refractivity contribution in [1.82, 2.24) is 4.31 Å². The molecule has 1 rings (SSSR count). The average molecular weight is 435 g/mol. The predicted octanol–water partition coefficient (Wildman–Crippen LogP) is 3.24. The molecule has 0 N–H and O–H groups in total. The van der Waals surface area contributed by atoms with Gasteiger partial charge in [-0.25, -0.2) is 8.42 Å². The summed E-state index contributed by atoms with van der Waals surface area (Å²) in [6.07, 6.45) is 0. The summed E-state index contributed by atoms with van der Waals surface area (Å²) in [6, 6.07) is 1.66. The minimum absolute atomic E-state index is 0.374. The van der Waals surface area contributed by atoms with Gasteiger partial charge in [0.15, 0.2) is 0 Å². The number of nitrogens with zero attached hydrogens (tertiary/aromatic N) is 1. The molecule has 0 atom stereocenters. The Kier molecular flexibility index (Phi) is 7.49. The molecule has 0 fully saturated rings. The molecule has 110 valence electrons. The fourth-order valence-corrected chi connectivity index (χ4v) is 5.64. The first kappa shape index (κ1) is 17.6. The molecule has 0 saturated heterocycles. The van der Waals surface area contributed by atoms with Gasteiger partial charge in [0.1, 0.15) is 0 Å². The van der Waals surface area contributed by atoms with Crippen LogP contribution in [0.15, 0.2) is 14.7 Å². The van der Waals surface area contributed by atoms with Crippen molar-refractivity contribution in [2.75, 3.05) is 31.6 Å². The largest absolute Gasteiger partial charge is 0.379 e. The van der Waals surface area contributed by atoms with Gasteiger partial charge in [-0.05, 0) is 28.9 Å². The maximum atomic E-state index is 12.5. The number of halogens is 2. The summed E-state index contributed by atoms with van der Waals surface area (Å²) in [5.41, 5.74) is 0. The van der Waals surface area contributed by atoms with Gasteiger partial charge in [0.25, 0.3) is 0 Å². The third-order valence-electron chi connectivity index (χ3n) is 2.52. The summed E-state index contributed by atoms with van der Waals surface area (Å²) in [5, 5.41) is 0.752. The van der Waals surface area contributed by atoms with Crippen molar-refractivity contribution >= 4 is 53.2 Å². The first-order chi connectivity index (χ1) is 8.93. The lowest BCUT2D eigenvalue weighted by Gasteiger charge is -2.20. The first-order valence-electron chi connectivity index (χ1n) is 5.83. The number of ether oxygens (including phenoxy) is 1. The van der Waals surface area contributed by atoms with Crippen LogP contribution in [0.5, 0.6) is 0 Å². The van der Waals surface area contributed by atoms with E-state index in [2.05, 4.69) is 31.9 Å². The first-order valence-corrected chi connectivity index (χ1v) is 10.00. The van der Waals surface area contributed by atoms with Crippen molar-refractivity contribution in [3.8, 4) is 0 Å². The second-order valence-corrected chi connectivity index (χ2v) is 9.10. The van der Waals surface area contributed by atoms with Gasteiger partial charge in [-0.3, -0.25) is 0 Å². The zero-order valence-corrected chi connectivity index (χ0v) is 15.7. The molecule has 0 radical (unpaired) electrons. The number of alkyl halides is 1. The molecule has 0 aromatic carbocycles. The number of sulfonamides is 1. The molecule has 0 aliphatic carbocycles. The van der Waals surface area contributed by atoms with Crippen molar-refractivity contribution in [2.45, 2.75) is 18.7 Å². The summed E-state index contributed by atoms with van der Waals surface area (Å²) in [7, 11) is -3.43. The smallest absolute Gasteiger partial charge is 0.244 e. The maximum Gasteiger partial charge on any atom is 0.244 e. The van der Waals surface area contributed by atoms with Gasteiger partial charge >= 0.3 is 0 Å². The van der Waals surface area contributed by atoms with E-state index in [0.717, 1.165) is 14.0 Å². The number of rotatable bonds is 8. The molecule has 0 spiro atoms. The minimum Gasteiger partial charge on any atom is -0.379 e. The van der Waals surface area contributed by atoms with E-state index in [9.17, 15) is 8.42 Å². The van der Waals surface area contributed by atoms with Gasteiger partial charge in [-0.1, -0.05) is 22.9 Å². The van der Waals surface area contributed by atoms with E-state index in [-0.39, 0.29) is 0 Å². The second kappa shape index (κ2) is 8.09. The lowest BCUT2D eigenvalue weighted by molar-refractivity contribution is 0.138. The van der Waals surface area contributed by atoms with Crippen LogP contribution in [-0.4, -0.2) is 44.4 Å². The second-order valence-electron chi connectivity index (χ2n) is 3.77. The van der Waals surface area contributed by atoms with Crippen LogP contribution in [0.4, 0.5) is 0 Å². The van der Waals surface area contributed by atoms with Crippen molar-refractivity contribution in [2.24, 2.45) is 0 Å². The van der Waals surface area contributed by atoms with E-state index in [1.807, 2.05) is 13.8 Å². The van der Waals surface area contributed by atoms with Crippen molar-refractivity contribution < 1.29 is 13.2 Å². The Balaban J connectivity index is 2.81. The van der Waals surface area contributed by atoms with Crippen molar-refractivity contribution in [3.05, 3.63) is 14.7 Å². The highest BCUT2D eigenvalue weighted by molar-refractivity contribution is 9.11. The highest BCUT2D eigenvalue weighted by Crippen LogP contribution is 2.31. The van der Waals surface area contributed by atoms with Gasteiger partial charge < -0.3 is 4.74 Å². The number of aryl methyl sites for hydroxylation is 1. The Bertz CT molecular complexity index is 502. The topological polar surface area (TPSA) is 46.6 Å². The molecule has 1 aromatic rings. The molecule has 0 aliphatic heterocycles.